The van der Waals surface area contributed by atoms with E-state index in [1.165, 1.54) is 0 Å². The standard InChI is InChI=1S/4BH3O3.Ca.10H2O.2H/c4*2-1(3)4;;;;;;;;;;;;;/h4*2-4H;;10*1H2;;/q;;;;+2;;;;;;;;;;;2*-1. The van der Waals surface area contributed by atoms with Crippen LogP contribution in [0.15, 0.2) is 0 Å². The maximum atomic E-state index is 7.17. The Morgan fingerprint density at radius 1 is 0.259 bits per heavy atom. The van der Waals surface area contributed by atoms with E-state index < -0.39 is 29.3 Å². The van der Waals surface area contributed by atoms with Gasteiger partial charge in [-0.05, 0) is 0 Å². The van der Waals surface area contributed by atoms with E-state index in [4.69, 9.17) is 60.3 Å². The Labute approximate surface area is 185 Å². The average molecular weight is 470 g/mol. The van der Waals surface area contributed by atoms with Crippen LogP contribution in [0.4, 0.5) is 0 Å². The molecular formula is H34B4CaO22. The van der Waals surface area contributed by atoms with Gasteiger partial charge in [-0.2, -0.15) is 0 Å². The van der Waals surface area contributed by atoms with E-state index in [2.05, 4.69) is 0 Å². The van der Waals surface area contributed by atoms with Crippen LogP contribution in [-0.4, -0.2) is 182 Å². The Morgan fingerprint density at radius 2 is 0.259 bits per heavy atom. The van der Waals surface area contributed by atoms with Crippen molar-refractivity contribution < 1.29 is 118 Å². The average Bonchev–Trinajstić information content (AvgIpc) is 1.76. The van der Waals surface area contributed by atoms with Crippen LogP contribution < -0.4 is 0 Å². The van der Waals surface area contributed by atoms with Gasteiger partial charge < -0.3 is 118 Å². The summed E-state index contributed by atoms with van der Waals surface area (Å²) in [4.78, 5) is 0. The molecule has 0 unspecified atom stereocenters. The predicted octanol–water partition coefficient (Wildman–Crippen LogP) is -16.6. The third-order valence-corrected chi connectivity index (χ3v) is 0. The van der Waals surface area contributed by atoms with Crippen molar-refractivity contribution in [2.45, 2.75) is 0 Å². The summed E-state index contributed by atoms with van der Waals surface area (Å²) in [6, 6.07) is 0. The van der Waals surface area contributed by atoms with Crippen LogP contribution in [0, 0.1) is 0 Å². The normalized spacial score (nSPS) is 4.00. The molecule has 0 atom stereocenters. The Morgan fingerprint density at radius 3 is 0.259 bits per heavy atom. The van der Waals surface area contributed by atoms with Gasteiger partial charge in [0.05, 0.1) is 0 Å². The van der Waals surface area contributed by atoms with Gasteiger partial charge in [-0.15, -0.1) is 0 Å². The van der Waals surface area contributed by atoms with Gasteiger partial charge in [0.25, 0.3) is 0 Å². The summed E-state index contributed by atoms with van der Waals surface area (Å²) in [5.41, 5.74) is 0. The summed E-state index contributed by atoms with van der Waals surface area (Å²) in [6.45, 7) is 0. The molecule has 0 saturated heterocycles. The van der Waals surface area contributed by atoms with Crippen LogP contribution in [-0.2, 0) is 0 Å². The smallest absolute Gasteiger partial charge is 1.00 e. The van der Waals surface area contributed by atoms with E-state index >= 15 is 0 Å². The van der Waals surface area contributed by atoms with Crippen molar-refractivity contribution in [2.75, 3.05) is 0 Å². The van der Waals surface area contributed by atoms with E-state index in [0.717, 1.165) is 0 Å². The second-order valence-corrected chi connectivity index (χ2v) is 1.39. The maximum absolute atomic E-state index is 7.17. The topological polar surface area (TPSA) is 558 Å². The second kappa shape index (κ2) is 110. The van der Waals surface area contributed by atoms with Crippen molar-refractivity contribution in [3.8, 4) is 0 Å². The molecule has 0 spiro atoms. The monoisotopic (exact) mass is 470 g/mol. The molecule has 0 bridgehead atoms. The summed E-state index contributed by atoms with van der Waals surface area (Å²) < 4.78 is 0. The molecule has 180 valence electrons. The SMILES string of the molecule is O.O.O.O.O.O.O.O.O.O.OB(O)O.OB(O)O.OB(O)O.OB(O)O.[Ca+2].[H-].[H-]. The first-order valence-electron chi connectivity index (χ1n) is 3.10. The molecule has 0 fully saturated rings. The van der Waals surface area contributed by atoms with Crippen molar-refractivity contribution in [3.63, 3.8) is 0 Å². The predicted molar refractivity (Wildman–Crippen MR) is 93.8 cm³/mol. The van der Waals surface area contributed by atoms with E-state index in [1.807, 2.05) is 0 Å². The summed E-state index contributed by atoms with van der Waals surface area (Å²) in [5.74, 6) is 0. The molecule has 22 nitrogen and oxygen atoms in total. The van der Waals surface area contributed by atoms with Gasteiger partial charge in [-0.3, -0.25) is 0 Å². The van der Waals surface area contributed by atoms with Crippen molar-refractivity contribution >= 4 is 67.0 Å². The Hall–Kier alpha value is 0.639. The van der Waals surface area contributed by atoms with Gasteiger partial charge in [-0.25, -0.2) is 0 Å². The Bertz CT molecular complexity index is 75.8. The molecule has 0 aromatic carbocycles. The molecular weight excluding hydrogens is 435 g/mol. The molecule has 0 amide bonds. The third-order valence-electron chi connectivity index (χ3n) is 0. The molecule has 0 aliphatic heterocycles. The molecule has 0 aromatic heterocycles. The first-order chi connectivity index (χ1) is 6.93. The largest absolute Gasteiger partial charge is 2.00 e. The summed E-state index contributed by atoms with van der Waals surface area (Å²) >= 11 is 0. The summed E-state index contributed by atoms with van der Waals surface area (Å²) in [7, 11) is -8.67. The fourth-order valence-corrected chi connectivity index (χ4v) is 0. The maximum Gasteiger partial charge on any atom is 2.00 e. The minimum Gasteiger partial charge on any atom is -1.00 e. The first kappa shape index (κ1) is 123. The molecule has 0 aliphatic carbocycles. The third kappa shape index (κ3) is 39500. The fourth-order valence-electron chi connectivity index (χ4n) is 0. The van der Waals surface area contributed by atoms with Crippen LogP contribution in [0.3, 0.4) is 0 Å². The fraction of sp³-hybridized carbons (Fsp3) is 0. The summed E-state index contributed by atoms with van der Waals surface area (Å²) in [6.07, 6.45) is 0. The van der Waals surface area contributed by atoms with Crippen LogP contribution in [0.1, 0.15) is 2.85 Å². The molecule has 0 aliphatic rings. The molecule has 27 heteroatoms. The number of rotatable bonds is 0. The number of hydrogen-bond acceptors (Lipinski definition) is 12. The van der Waals surface area contributed by atoms with Gasteiger partial charge in [0.2, 0.25) is 0 Å². The number of hydrogen-bond donors (Lipinski definition) is 12. The molecule has 0 aromatic rings. The van der Waals surface area contributed by atoms with E-state index in [-0.39, 0.29) is 95.4 Å². The van der Waals surface area contributed by atoms with Crippen LogP contribution >= 0.6 is 0 Å². The van der Waals surface area contributed by atoms with Gasteiger partial charge in [-0.1, -0.05) is 0 Å². The van der Waals surface area contributed by atoms with Gasteiger partial charge in [0, 0.05) is 0 Å². The second-order valence-electron chi connectivity index (χ2n) is 1.39. The Kier molecular flexibility index (Phi) is 498. The quantitative estimate of drug-likeness (QED) is 0.147. The zero-order chi connectivity index (χ0) is 14.3. The molecule has 0 rings (SSSR count). The minimum atomic E-state index is -2.17. The molecule has 32 N–H and O–H groups in total. The van der Waals surface area contributed by atoms with Crippen LogP contribution in [0.25, 0.3) is 0 Å². The molecule has 27 heavy (non-hydrogen) atoms. The van der Waals surface area contributed by atoms with E-state index in [1.54, 1.807) is 0 Å². The minimum absolute atomic E-state index is 0. The first-order valence-corrected chi connectivity index (χ1v) is 3.10. The van der Waals surface area contributed by atoms with Gasteiger partial charge in [0.15, 0.2) is 0 Å². The van der Waals surface area contributed by atoms with Crippen molar-refractivity contribution in [2.24, 2.45) is 0 Å². The zero-order valence-corrected chi connectivity index (χ0v) is 15.6. The van der Waals surface area contributed by atoms with E-state index in [0.29, 0.717) is 0 Å². The van der Waals surface area contributed by atoms with Crippen molar-refractivity contribution in [1.82, 2.24) is 0 Å². The molecule has 0 radical (unpaired) electrons. The van der Waals surface area contributed by atoms with Crippen molar-refractivity contribution in [3.05, 3.63) is 0 Å². The Balaban J connectivity index is -0.00000000384. The van der Waals surface area contributed by atoms with Crippen LogP contribution in [0.5, 0.6) is 0 Å². The summed E-state index contributed by atoms with van der Waals surface area (Å²) in [5, 5.41) is 86.0. The molecule has 0 heterocycles. The molecule has 0 saturated carbocycles. The zero-order valence-electron chi connectivity index (χ0n) is 15.4. The van der Waals surface area contributed by atoms with E-state index in [9.17, 15) is 0 Å². The van der Waals surface area contributed by atoms with Gasteiger partial charge in [0.1, 0.15) is 0 Å². The van der Waals surface area contributed by atoms with Crippen molar-refractivity contribution in [1.29, 1.82) is 0 Å². The van der Waals surface area contributed by atoms with Crippen LogP contribution in [0.2, 0.25) is 0 Å². The van der Waals surface area contributed by atoms with Gasteiger partial charge >= 0.3 is 67.0 Å².